The first-order chi connectivity index (χ1) is 7.65. The number of ether oxygens (including phenoxy) is 1. The van der Waals surface area contributed by atoms with E-state index in [0.29, 0.717) is 23.0 Å². The van der Waals surface area contributed by atoms with Crippen LogP contribution in [0.25, 0.3) is 0 Å². The summed E-state index contributed by atoms with van der Waals surface area (Å²) in [5.74, 6) is 0. The number of amides is 1. The summed E-state index contributed by atoms with van der Waals surface area (Å²) in [4.78, 5) is 15.6. The molecule has 17 heavy (non-hydrogen) atoms. The summed E-state index contributed by atoms with van der Waals surface area (Å²) >= 11 is 5.82. The summed E-state index contributed by atoms with van der Waals surface area (Å²) in [6.07, 6.45) is 0.177. The van der Waals surface area contributed by atoms with Gasteiger partial charge < -0.3 is 4.74 Å². The van der Waals surface area contributed by atoms with Crippen molar-refractivity contribution in [1.82, 2.24) is 5.32 Å². The lowest BCUT2D eigenvalue weighted by Gasteiger charge is -2.20. The van der Waals surface area contributed by atoms with Crippen molar-refractivity contribution in [3.05, 3.63) is 11.4 Å². The van der Waals surface area contributed by atoms with Crippen LogP contribution in [0.3, 0.4) is 0 Å². The second-order valence-corrected chi connectivity index (χ2v) is 5.12. The third-order valence-electron chi connectivity index (χ3n) is 1.81. The van der Waals surface area contributed by atoms with Crippen LogP contribution in [0.4, 0.5) is 4.79 Å². The summed E-state index contributed by atoms with van der Waals surface area (Å²) < 4.78 is 5.12. The van der Waals surface area contributed by atoms with Gasteiger partial charge in [0.25, 0.3) is 0 Å². The molecule has 0 bridgehead atoms. The van der Waals surface area contributed by atoms with Gasteiger partial charge in [0.2, 0.25) is 0 Å². The molecule has 98 valence electrons. The largest absolute Gasteiger partial charge is 0.444 e. The minimum absolute atomic E-state index is 0.489. The Balaban J connectivity index is 4.58. The van der Waals surface area contributed by atoms with Crippen LogP contribution in [-0.4, -0.2) is 16.9 Å². The average Bonchev–Trinajstić information content (AvgIpc) is 2.14. The Kier molecular flexibility index (Phi) is 6.24. The fraction of sp³-hybridized carbons (Fsp3) is 0.667. The number of nitrogens with one attached hydrogen (secondary N) is 1. The Labute approximate surface area is 108 Å². The van der Waals surface area contributed by atoms with Gasteiger partial charge in [-0.05, 0) is 41.0 Å². The number of alkyl carbamates (subject to hydrolysis) is 1. The number of carbonyl (C=O) groups excluding carboxylic acids is 1. The maximum Gasteiger partial charge on any atom is 0.411 e. The lowest BCUT2D eigenvalue weighted by Crippen LogP contribution is -2.31. The van der Waals surface area contributed by atoms with E-state index in [-0.39, 0.29) is 0 Å². The Morgan fingerprint density at radius 2 is 1.88 bits per heavy atom. The Hall–Kier alpha value is -1.03. The molecule has 0 unspecified atom stereocenters. The molecule has 0 aromatic heterocycles. The number of allylic oxidation sites excluding steroid dienone is 2. The highest BCUT2D eigenvalue weighted by molar-refractivity contribution is 6.65. The van der Waals surface area contributed by atoms with Gasteiger partial charge in [-0.25, -0.2) is 9.79 Å². The smallest absolute Gasteiger partial charge is 0.411 e. The predicted molar refractivity (Wildman–Crippen MR) is 71.3 cm³/mol. The van der Waals surface area contributed by atoms with Crippen molar-refractivity contribution < 1.29 is 9.53 Å². The molecule has 1 amide bonds. The first-order valence-corrected chi connectivity index (χ1v) is 5.94. The van der Waals surface area contributed by atoms with Crippen LogP contribution in [0.2, 0.25) is 0 Å². The van der Waals surface area contributed by atoms with Crippen molar-refractivity contribution in [2.45, 2.75) is 53.6 Å². The molecule has 1 N–H and O–H groups in total. The maximum absolute atomic E-state index is 11.5. The van der Waals surface area contributed by atoms with Gasteiger partial charge in [-0.2, -0.15) is 0 Å². The molecule has 0 saturated heterocycles. The van der Waals surface area contributed by atoms with Gasteiger partial charge in [-0.3, -0.25) is 5.32 Å². The van der Waals surface area contributed by atoms with Gasteiger partial charge in [0.05, 0.1) is 5.70 Å². The molecule has 0 spiro atoms. The number of rotatable bonds is 3. The van der Waals surface area contributed by atoms with Crippen molar-refractivity contribution in [3.63, 3.8) is 0 Å². The normalized spacial score (nSPS) is 14.2. The molecule has 0 heterocycles. The number of hydrogen-bond donors (Lipinski definition) is 1. The molecule has 5 heteroatoms. The highest BCUT2D eigenvalue weighted by Gasteiger charge is 2.16. The topological polar surface area (TPSA) is 50.7 Å². The molecule has 0 rings (SSSR count). The van der Waals surface area contributed by atoms with E-state index in [2.05, 4.69) is 10.3 Å². The van der Waals surface area contributed by atoms with Crippen molar-refractivity contribution in [1.29, 1.82) is 0 Å². The van der Waals surface area contributed by atoms with Gasteiger partial charge in [0, 0.05) is 5.70 Å². The highest BCUT2D eigenvalue weighted by atomic mass is 35.5. The first-order valence-electron chi connectivity index (χ1n) is 5.56. The fourth-order valence-electron chi connectivity index (χ4n) is 0.892. The summed E-state index contributed by atoms with van der Waals surface area (Å²) in [7, 11) is 0. The zero-order valence-corrected chi connectivity index (χ0v) is 12.1. The van der Waals surface area contributed by atoms with Crippen LogP contribution in [-0.2, 0) is 4.74 Å². The molecule has 0 saturated carbocycles. The molecule has 0 atom stereocenters. The Morgan fingerprint density at radius 1 is 1.35 bits per heavy atom. The molecule has 0 aliphatic heterocycles. The van der Waals surface area contributed by atoms with Crippen molar-refractivity contribution in [2.75, 3.05) is 0 Å². The van der Waals surface area contributed by atoms with Gasteiger partial charge >= 0.3 is 6.09 Å². The van der Waals surface area contributed by atoms with Gasteiger partial charge in [0.15, 0.2) is 0 Å². The minimum atomic E-state index is -0.511. The number of aliphatic imine (C=N–C) groups is 1. The average molecular weight is 261 g/mol. The van der Waals surface area contributed by atoms with Gasteiger partial charge in [-0.1, -0.05) is 18.5 Å². The third-order valence-corrected chi connectivity index (χ3v) is 2.16. The number of hydrogen-bond acceptors (Lipinski definition) is 3. The van der Waals surface area contributed by atoms with E-state index in [4.69, 9.17) is 16.3 Å². The molecule has 0 aromatic carbocycles. The number of halogens is 1. The van der Waals surface area contributed by atoms with E-state index in [0.717, 1.165) is 0 Å². The molecule has 0 aliphatic rings. The van der Waals surface area contributed by atoms with E-state index >= 15 is 0 Å². The first kappa shape index (κ1) is 16.0. The summed E-state index contributed by atoms with van der Waals surface area (Å²) in [5, 5.41) is 3.13. The zero-order chi connectivity index (χ0) is 13.6. The Bertz CT molecular complexity index is 341. The second kappa shape index (κ2) is 6.64. The van der Waals surface area contributed by atoms with Gasteiger partial charge in [-0.15, -0.1) is 0 Å². The monoisotopic (exact) mass is 260 g/mol. The van der Waals surface area contributed by atoms with Crippen LogP contribution in [0.15, 0.2) is 16.4 Å². The predicted octanol–water partition coefficient (Wildman–Crippen LogP) is 3.81. The van der Waals surface area contributed by atoms with Crippen LogP contribution < -0.4 is 5.32 Å². The van der Waals surface area contributed by atoms with Crippen molar-refractivity contribution in [2.24, 2.45) is 4.99 Å². The molecule has 0 aromatic rings. The quantitative estimate of drug-likeness (QED) is 0.785. The summed E-state index contributed by atoms with van der Waals surface area (Å²) in [6, 6.07) is 0. The maximum atomic E-state index is 11.5. The molecule has 0 fully saturated rings. The molecule has 4 nitrogen and oxygen atoms in total. The van der Waals surface area contributed by atoms with E-state index in [1.807, 2.05) is 27.7 Å². The standard InChI is InChI=1S/C12H21ClN2O2/c1-7-10(13)14-8(2)9(3)15-11(16)17-12(4,5)6/h7H2,1-6H3,(H,15,16)/b9-8+,14-10+. The molecule has 0 aliphatic carbocycles. The summed E-state index contributed by atoms with van der Waals surface area (Å²) in [5.41, 5.74) is 0.788. The lowest BCUT2D eigenvalue weighted by molar-refractivity contribution is 0.0545. The van der Waals surface area contributed by atoms with Gasteiger partial charge in [0.1, 0.15) is 10.8 Å². The van der Waals surface area contributed by atoms with E-state index in [9.17, 15) is 4.79 Å². The Morgan fingerprint density at radius 3 is 2.29 bits per heavy atom. The molecule has 0 radical (unpaired) electrons. The highest BCUT2D eigenvalue weighted by Crippen LogP contribution is 2.09. The summed E-state index contributed by atoms with van der Waals surface area (Å²) in [6.45, 7) is 10.9. The molecular formula is C12H21ClN2O2. The second-order valence-electron chi connectivity index (χ2n) is 4.68. The zero-order valence-electron chi connectivity index (χ0n) is 11.3. The van der Waals surface area contributed by atoms with Crippen LogP contribution in [0.1, 0.15) is 48.0 Å². The lowest BCUT2D eigenvalue weighted by atomic mass is 10.2. The van der Waals surface area contributed by atoms with Crippen LogP contribution >= 0.6 is 11.6 Å². The number of nitrogens with zero attached hydrogens (tertiary/aromatic N) is 1. The fourth-order valence-corrected chi connectivity index (χ4v) is 1.02. The van der Waals surface area contributed by atoms with E-state index in [1.165, 1.54) is 0 Å². The van der Waals surface area contributed by atoms with Crippen molar-refractivity contribution >= 4 is 22.9 Å². The third kappa shape index (κ3) is 7.80. The van der Waals surface area contributed by atoms with Crippen molar-refractivity contribution in [3.8, 4) is 0 Å². The van der Waals surface area contributed by atoms with E-state index in [1.54, 1.807) is 13.8 Å². The van der Waals surface area contributed by atoms with Crippen LogP contribution in [0, 0.1) is 0 Å². The minimum Gasteiger partial charge on any atom is -0.444 e. The van der Waals surface area contributed by atoms with Crippen LogP contribution in [0.5, 0.6) is 0 Å². The molecular weight excluding hydrogens is 240 g/mol. The van der Waals surface area contributed by atoms with E-state index < -0.39 is 11.7 Å². The number of carbonyl (C=O) groups is 1. The SMILES string of the molecule is CC/C(Cl)=N\C(C)=C(/C)NC(=O)OC(C)(C)C.